The smallest absolute Gasteiger partial charge is 0.339 e. The molecule has 5 heteroatoms. The van der Waals surface area contributed by atoms with Crippen molar-refractivity contribution < 1.29 is 14.3 Å². The zero-order chi connectivity index (χ0) is 16.9. The second kappa shape index (κ2) is 8.01. The Kier molecular flexibility index (Phi) is 6.65. The second-order valence-corrected chi connectivity index (χ2v) is 6.32. The van der Waals surface area contributed by atoms with E-state index in [2.05, 4.69) is 24.1 Å². The monoisotopic (exact) mass is 308 g/mol. The van der Waals surface area contributed by atoms with Crippen molar-refractivity contribution >= 4 is 11.9 Å². The van der Waals surface area contributed by atoms with Gasteiger partial charge in [0.2, 0.25) is 0 Å². The van der Waals surface area contributed by atoms with Gasteiger partial charge in [-0.15, -0.1) is 0 Å². The Morgan fingerprint density at radius 3 is 2.36 bits per heavy atom. The first kappa shape index (κ1) is 18.3. The number of amides is 1. The molecule has 5 nitrogen and oxygen atoms in total. The molecule has 0 aromatic carbocycles. The number of hydrogen-bond acceptors (Lipinski definition) is 3. The van der Waals surface area contributed by atoms with E-state index in [0.717, 1.165) is 19.3 Å². The van der Waals surface area contributed by atoms with Crippen molar-refractivity contribution in [3.8, 4) is 0 Å². The van der Waals surface area contributed by atoms with Crippen molar-refractivity contribution in [2.75, 3.05) is 7.11 Å². The van der Waals surface area contributed by atoms with Crippen LogP contribution in [0.15, 0.2) is 0 Å². The number of hydrogen-bond donors (Lipinski definition) is 2. The summed E-state index contributed by atoms with van der Waals surface area (Å²) in [5.74, 6) is 0.0851. The number of H-pyrrole nitrogens is 1. The lowest BCUT2D eigenvalue weighted by Gasteiger charge is -2.14. The summed E-state index contributed by atoms with van der Waals surface area (Å²) >= 11 is 0. The van der Waals surface area contributed by atoms with Gasteiger partial charge in [0.05, 0.1) is 12.7 Å². The van der Waals surface area contributed by atoms with E-state index < -0.39 is 5.97 Å². The first-order valence-electron chi connectivity index (χ1n) is 7.86. The number of aromatic nitrogens is 1. The quantitative estimate of drug-likeness (QED) is 0.759. The van der Waals surface area contributed by atoms with Crippen molar-refractivity contribution in [2.24, 2.45) is 5.92 Å². The lowest BCUT2D eigenvalue weighted by molar-refractivity contribution is 0.0599. The minimum Gasteiger partial charge on any atom is -0.465 e. The second-order valence-electron chi connectivity index (χ2n) is 6.32. The molecule has 0 fully saturated rings. The molecule has 0 spiro atoms. The third kappa shape index (κ3) is 4.61. The molecular formula is C17H28N2O3. The first-order valence-corrected chi connectivity index (χ1v) is 7.86. The van der Waals surface area contributed by atoms with Crippen LogP contribution in [0.4, 0.5) is 0 Å². The molecule has 1 atom stereocenters. The van der Waals surface area contributed by atoms with Crippen LogP contribution in [0, 0.1) is 19.8 Å². The normalized spacial score (nSPS) is 12.3. The number of methoxy groups -OCH3 is 1. The van der Waals surface area contributed by atoms with E-state index in [0.29, 0.717) is 28.4 Å². The molecule has 1 aromatic heterocycles. The number of ether oxygens (including phenoxy) is 1. The number of carbonyl (C=O) groups excluding carboxylic acids is 2. The van der Waals surface area contributed by atoms with E-state index in [1.54, 1.807) is 13.8 Å². The molecule has 1 unspecified atom stereocenters. The van der Waals surface area contributed by atoms with E-state index >= 15 is 0 Å². The molecule has 1 amide bonds. The fraction of sp³-hybridized carbons (Fsp3) is 0.647. The van der Waals surface area contributed by atoms with E-state index in [4.69, 9.17) is 4.74 Å². The fourth-order valence-electron chi connectivity index (χ4n) is 2.59. The van der Waals surface area contributed by atoms with Gasteiger partial charge < -0.3 is 15.0 Å². The summed E-state index contributed by atoms with van der Waals surface area (Å²) in [5, 5.41) is 2.99. The van der Waals surface area contributed by atoms with Gasteiger partial charge in [0.25, 0.3) is 5.91 Å². The van der Waals surface area contributed by atoms with Crippen molar-refractivity contribution in [2.45, 2.75) is 59.9 Å². The van der Waals surface area contributed by atoms with Crippen molar-refractivity contribution in [3.63, 3.8) is 0 Å². The molecule has 0 bridgehead atoms. The van der Waals surface area contributed by atoms with Gasteiger partial charge in [0.15, 0.2) is 0 Å². The van der Waals surface area contributed by atoms with E-state index in [-0.39, 0.29) is 11.9 Å². The topological polar surface area (TPSA) is 71.2 Å². The number of aryl methyl sites for hydroxylation is 1. The summed E-state index contributed by atoms with van der Waals surface area (Å²) in [6, 6.07) is 0.107. The summed E-state index contributed by atoms with van der Waals surface area (Å²) in [5.41, 5.74) is 2.17. The molecule has 22 heavy (non-hydrogen) atoms. The third-order valence-electron chi connectivity index (χ3n) is 3.85. The van der Waals surface area contributed by atoms with Crippen molar-refractivity contribution in [3.05, 3.63) is 22.5 Å². The number of nitrogens with one attached hydrogen (secondary N) is 2. The zero-order valence-corrected chi connectivity index (χ0v) is 14.5. The molecule has 0 aliphatic carbocycles. The minimum atomic E-state index is -0.421. The van der Waals surface area contributed by atoms with Gasteiger partial charge in [0, 0.05) is 11.7 Å². The zero-order valence-electron chi connectivity index (χ0n) is 14.5. The Morgan fingerprint density at radius 2 is 1.82 bits per heavy atom. The van der Waals surface area contributed by atoms with E-state index in [1.807, 2.05) is 6.92 Å². The predicted molar refractivity (Wildman–Crippen MR) is 87.2 cm³/mol. The molecule has 0 radical (unpaired) electrons. The van der Waals surface area contributed by atoms with Crippen LogP contribution in [0.5, 0.6) is 0 Å². The van der Waals surface area contributed by atoms with E-state index in [1.165, 1.54) is 7.11 Å². The number of carbonyl (C=O) groups is 2. The summed E-state index contributed by atoms with van der Waals surface area (Å²) < 4.78 is 4.76. The summed E-state index contributed by atoms with van der Waals surface area (Å²) in [6.07, 6.45) is 3.20. The summed E-state index contributed by atoms with van der Waals surface area (Å²) in [4.78, 5) is 27.1. The molecule has 2 N–H and O–H groups in total. The van der Waals surface area contributed by atoms with Crippen LogP contribution in [0.25, 0.3) is 0 Å². The van der Waals surface area contributed by atoms with Crippen LogP contribution in [-0.4, -0.2) is 30.0 Å². The van der Waals surface area contributed by atoms with Gasteiger partial charge in [-0.1, -0.05) is 26.7 Å². The third-order valence-corrected chi connectivity index (χ3v) is 3.85. The number of aromatic amines is 1. The SMILES string of the molecule is COC(=O)c1c(C)[nH]c(C(=O)NC(C)CCCC(C)C)c1C. The molecular weight excluding hydrogens is 280 g/mol. The van der Waals surface area contributed by atoms with Crippen LogP contribution in [0.3, 0.4) is 0 Å². The highest BCUT2D eigenvalue weighted by molar-refractivity contribution is 6.00. The maximum Gasteiger partial charge on any atom is 0.339 e. The Bertz CT molecular complexity index is 532. The molecule has 124 valence electrons. The molecule has 0 aliphatic rings. The Balaban J connectivity index is 2.72. The minimum absolute atomic E-state index is 0.107. The average Bonchev–Trinajstić information content (AvgIpc) is 2.72. The molecule has 0 aliphatic heterocycles. The summed E-state index contributed by atoms with van der Waals surface area (Å²) in [7, 11) is 1.34. The molecule has 1 heterocycles. The highest BCUT2D eigenvalue weighted by atomic mass is 16.5. The van der Waals surface area contributed by atoms with Gasteiger partial charge >= 0.3 is 5.97 Å². The maximum atomic E-state index is 12.4. The van der Waals surface area contributed by atoms with Gasteiger partial charge in [-0.3, -0.25) is 4.79 Å². The van der Waals surface area contributed by atoms with Crippen molar-refractivity contribution in [1.29, 1.82) is 0 Å². The van der Waals surface area contributed by atoms with Gasteiger partial charge in [-0.25, -0.2) is 4.79 Å². The first-order chi connectivity index (χ1) is 10.3. The van der Waals surface area contributed by atoms with Crippen LogP contribution in [0.1, 0.15) is 72.1 Å². The molecule has 0 saturated carbocycles. The molecule has 1 rings (SSSR count). The average molecular weight is 308 g/mol. The Morgan fingerprint density at radius 1 is 1.18 bits per heavy atom. The highest BCUT2D eigenvalue weighted by Gasteiger charge is 2.23. The van der Waals surface area contributed by atoms with Crippen LogP contribution < -0.4 is 5.32 Å². The van der Waals surface area contributed by atoms with Crippen molar-refractivity contribution in [1.82, 2.24) is 10.3 Å². The Hall–Kier alpha value is -1.78. The molecule has 0 saturated heterocycles. The standard InChI is InChI=1S/C17H28N2O3/c1-10(2)8-7-9-11(3)18-16(20)15-12(4)14(13(5)19-15)17(21)22-6/h10-11,19H,7-9H2,1-6H3,(H,18,20). The summed E-state index contributed by atoms with van der Waals surface area (Å²) in [6.45, 7) is 9.92. The van der Waals surface area contributed by atoms with Crippen LogP contribution in [-0.2, 0) is 4.74 Å². The largest absolute Gasteiger partial charge is 0.465 e. The van der Waals surface area contributed by atoms with Gasteiger partial charge in [0.1, 0.15) is 5.69 Å². The number of rotatable bonds is 7. The fourth-order valence-corrected chi connectivity index (χ4v) is 2.59. The van der Waals surface area contributed by atoms with E-state index in [9.17, 15) is 9.59 Å². The number of esters is 1. The predicted octanol–water partition coefficient (Wildman–Crippen LogP) is 3.36. The maximum absolute atomic E-state index is 12.4. The van der Waals surface area contributed by atoms with Crippen LogP contribution in [0.2, 0.25) is 0 Å². The molecule has 1 aromatic rings. The Labute approximate surface area is 132 Å². The van der Waals surface area contributed by atoms with Gasteiger partial charge in [-0.05, 0) is 38.7 Å². The van der Waals surface area contributed by atoms with Crippen LogP contribution >= 0.6 is 0 Å². The highest BCUT2D eigenvalue weighted by Crippen LogP contribution is 2.19. The lowest BCUT2D eigenvalue weighted by atomic mass is 10.0. The van der Waals surface area contributed by atoms with Gasteiger partial charge in [-0.2, -0.15) is 0 Å². The lowest BCUT2D eigenvalue weighted by Crippen LogP contribution is -2.33.